The average Bonchev–Trinajstić information content (AvgIpc) is 2.62. The van der Waals surface area contributed by atoms with Gasteiger partial charge in [0.2, 0.25) is 0 Å². The van der Waals surface area contributed by atoms with Crippen molar-refractivity contribution < 1.29 is 14.5 Å². The molecule has 0 saturated heterocycles. The molecule has 0 N–H and O–H groups in total. The van der Waals surface area contributed by atoms with E-state index in [1.54, 1.807) is 0 Å². The van der Waals surface area contributed by atoms with Crippen molar-refractivity contribution in [2.45, 2.75) is 13.3 Å². The minimum Gasteiger partial charge on any atom is -0.492 e. The molecule has 0 spiro atoms. The molecule has 0 saturated carbocycles. The number of carbonyl (C=O) groups excluding carboxylic acids is 1. The van der Waals surface area contributed by atoms with Gasteiger partial charge in [-0.05, 0) is 6.92 Å². The maximum absolute atomic E-state index is 11.3. The molecule has 1 aromatic carbocycles. The summed E-state index contributed by atoms with van der Waals surface area (Å²) in [6.45, 7) is 1.86. The Bertz CT molecular complexity index is 453. The van der Waals surface area contributed by atoms with Crippen molar-refractivity contribution in [3.05, 3.63) is 33.4 Å². The summed E-state index contributed by atoms with van der Waals surface area (Å²) in [5.41, 5.74) is 0.996. The highest BCUT2D eigenvalue weighted by Gasteiger charge is 2.23. The van der Waals surface area contributed by atoms with Crippen LogP contribution in [0.2, 0.25) is 0 Å². The molecule has 0 amide bonds. The molecule has 1 aromatic rings. The molecular formula is C10H9NO4. The van der Waals surface area contributed by atoms with Crippen LogP contribution in [-0.2, 0) is 6.42 Å². The molecule has 15 heavy (non-hydrogen) atoms. The molecule has 2 rings (SSSR count). The minimum absolute atomic E-state index is 0.0514. The quantitative estimate of drug-likeness (QED) is 0.420. The largest absolute Gasteiger partial charge is 0.492 e. The summed E-state index contributed by atoms with van der Waals surface area (Å²) in [5, 5.41) is 10.6. The van der Waals surface area contributed by atoms with Crippen LogP contribution in [0.5, 0.6) is 5.75 Å². The van der Waals surface area contributed by atoms with Crippen LogP contribution in [0.25, 0.3) is 0 Å². The maximum atomic E-state index is 11.3. The lowest BCUT2D eigenvalue weighted by Crippen LogP contribution is -1.99. The first-order valence-electron chi connectivity index (χ1n) is 4.54. The van der Waals surface area contributed by atoms with E-state index in [9.17, 15) is 14.9 Å². The van der Waals surface area contributed by atoms with Crippen molar-refractivity contribution in [3.8, 4) is 5.75 Å². The Kier molecular flexibility index (Phi) is 2.15. The number of ketones is 1. The van der Waals surface area contributed by atoms with Crippen LogP contribution in [0.15, 0.2) is 12.1 Å². The van der Waals surface area contributed by atoms with Crippen LogP contribution in [0.3, 0.4) is 0 Å². The minimum atomic E-state index is -0.495. The Hall–Kier alpha value is -1.91. The van der Waals surface area contributed by atoms with E-state index < -0.39 is 4.92 Å². The maximum Gasteiger partial charge on any atom is 0.270 e. The molecule has 0 aromatic heterocycles. The number of non-ortho nitro benzene ring substituents is 1. The molecule has 0 bridgehead atoms. The number of fused-ring (bicyclic) bond motifs is 1. The highest BCUT2D eigenvalue weighted by atomic mass is 16.6. The van der Waals surface area contributed by atoms with Crippen molar-refractivity contribution in [2.75, 3.05) is 6.61 Å². The highest BCUT2D eigenvalue weighted by Crippen LogP contribution is 2.33. The standard InChI is InChI=1S/C10H9NO4/c1-6(12)9-5-8(11(13)14)4-7-2-3-15-10(7)9/h4-5H,2-3H2,1H3. The Morgan fingerprint density at radius 3 is 2.87 bits per heavy atom. The van der Waals surface area contributed by atoms with Crippen molar-refractivity contribution in [1.29, 1.82) is 0 Å². The molecule has 78 valence electrons. The molecular weight excluding hydrogens is 198 g/mol. The van der Waals surface area contributed by atoms with Gasteiger partial charge in [-0.3, -0.25) is 14.9 Å². The summed E-state index contributed by atoms with van der Waals surface area (Å²) in [4.78, 5) is 21.4. The topological polar surface area (TPSA) is 69.4 Å². The molecule has 5 heteroatoms. The predicted octanol–water partition coefficient (Wildman–Crippen LogP) is 1.73. The van der Waals surface area contributed by atoms with E-state index in [0.717, 1.165) is 5.56 Å². The number of hydrogen-bond acceptors (Lipinski definition) is 4. The van der Waals surface area contributed by atoms with Crippen LogP contribution in [0.1, 0.15) is 22.8 Å². The summed E-state index contributed by atoms with van der Waals surface area (Å²) in [6, 6.07) is 2.74. The van der Waals surface area contributed by atoms with Crippen molar-refractivity contribution >= 4 is 11.5 Å². The monoisotopic (exact) mass is 207 g/mol. The average molecular weight is 207 g/mol. The summed E-state index contributed by atoms with van der Waals surface area (Å²) in [6.07, 6.45) is 0.622. The van der Waals surface area contributed by atoms with Gasteiger partial charge in [0, 0.05) is 24.1 Å². The van der Waals surface area contributed by atoms with Crippen molar-refractivity contribution in [2.24, 2.45) is 0 Å². The first-order valence-corrected chi connectivity index (χ1v) is 4.54. The van der Waals surface area contributed by atoms with Crippen molar-refractivity contribution in [1.82, 2.24) is 0 Å². The van der Waals surface area contributed by atoms with E-state index in [1.165, 1.54) is 19.1 Å². The van der Waals surface area contributed by atoms with Gasteiger partial charge in [0.25, 0.3) is 5.69 Å². The van der Waals surface area contributed by atoms with Gasteiger partial charge in [0.15, 0.2) is 5.78 Å². The second-order valence-corrected chi connectivity index (χ2v) is 3.39. The number of ether oxygens (including phenoxy) is 1. The highest BCUT2D eigenvalue weighted by molar-refractivity contribution is 5.98. The van der Waals surface area contributed by atoms with Gasteiger partial charge in [-0.1, -0.05) is 0 Å². The number of nitro benzene ring substituents is 1. The lowest BCUT2D eigenvalue weighted by Gasteiger charge is -2.04. The third-order valence-electron chi connectivity index (χ3n) is 2.36. The molecule has 1 aliphatic rings. The fraction of sp³-hybridized carbons (Fsp3) is 0.300. The number of hydrogen-bond donors (Lipinski definition) is 0. The lowest BCUT2D eigenvalue weighted by molar-refractivity contribution is -0.384. The first kappa shape index (κ1) is 9.64. The van der Waals surface area contributed by atoms with Gasteiger partial charge in [-0.2, -0.15) is 0 Å². The SMILES string of the molecule is CC(=O)c1cc([N+](=O)[O-])cc2c1OCC2. The molecule has 0 unspecified atom stereocenters. The molecule has 1 aliphatic heterocycles. The molecule has 0 aliphatic carbocycles. The molecule has 1 heterocycles. The fourth-order valence-electron chi connectivity index (χ4n) is 1.66. The zero-order chi connectivity index (χ0) is 11.0. The van der Waals surface area contributed by atoms with Crippen molar-refractivity contribution in [3.63, 3.8) is 0 Å². The van der Waals surface area contributed by atoms with Gasteiger partial charge in [0.05, 0.1) is 17.1 Å². The molecule has 5 nitrogen and oxygen atoms in total. The fourth-order valence-corrected chi connectivity index (χ4v) is 1.66. The van der Waals surface area contributed by atoms with Crippen LogP contribution in [0.4, 0.5) is 5.69 Å². The number of carbonyl (C=O) groups is 1. The number of Topliss-reactive ketones (excluding diaryl/α,β-unsaturated/α-hetero) is 1. The zero-order valence-electron chi connectivity index (χ0n) is 8.15. The summed E-state index contributed by atoms with van der Waals surface area (Å²) in [7, 11) is 0. The lowest BCUT2D eigenvalue weighted by atomic mass is 10.0. The normalized spacial score (nSPS) is 13.1. The van der Waals surface area contributed by atoms with E-state index in [1.807, 2.05) is 0 Å². The van der Waals surface area contributed by atoms with Crippen LogP contribution >= 0.6 is 0 Å². The van der Waals surface area contributed by atoms with Gasteiger partial charge in [0.1, 0.15) is 5.75 Å². The number of rotatable bonds is 2. The first-order chi connectivity index (χ1) is 7.09. The van der Waals surface area contributed by atoms with E-state index in [4.69, 9.17) is 4.74 Å². The van der Waals surface area contributed by atoms with Gasteiger partial charge in [-0.15, -0.1) is 0 Å². The second kappa shape index (κ2) is 3.34. The smallest absolute Gasteiger partial charge is 0.270 e. The molecule has 0 radical (unpaired) electrons. The van der Waals surface area contributed by atoms with Crippen LogP contribution in [-0.4, -0.2) is 17.3 Å². The molecule has 0 fully saturated rings. The summed E-state index contributed by atoms with van der Waals surface area (Å²) in [5.74, 6) is 0.296. The van der Waals surface area contributed by atoms with E-state index in [-0.39, 0.29) is 11.5 Å². The van der Waals surface area contributed by atoms with E-state index >= 15 is 0 Å². The Balaban J connectivity index is 2.62. The Labute approximate surface area is 85.8 Å². The van der Waals surface area contributed by atoms with Crippen LogP contribution < -0.4 is 4.74 Å². The molecule has 0 atom stereocenters. The second-order valence-electron chi connectivity index (χ2n) is 3.39. The Morgan fingerprint density at radius 2 is 2.27 bits per heavy atom. The number of nitrogens with zero attached hydrogens (tertiary/aromatic N) is 1. The van der Waals surface area contributed by atoms with E-state index in [2.05, 4.69) is 0 Å². The summed E-state index contributed by atoms with van der Waals surface area (Å²) < 4.78 is 5.28. The number of benzene rings is 1. The summed E-state index contributed by atoms with van der Waals surface area (Å²) >= 11 is 0. The van der Waals surface area contributed by atoms with Gasteiger partial charge >= 0.3 is 0 Å². The van der Waals surface area contributed by atoms with Gasteiger partial charge < -0.3 is 4.74 Å². The zero-order valence-corrected chi connectivity index (χ0v) is 8.15. The predicted molar refractivity (Wildman–Crippen MR) is 52.3 cm³/mol. The van der Waals surface area contributed by atoms with E-state index in [0.29, 0.717) is 24.3 Å². The third kappa shape index (κ3) is 1.56. The third-order valence-corrected chi connectivity index (χ3v) is 2.36. The van der Waals surface area contributed by atoms with Gasteiger partial charge in [-0.25, -0.2) is 0 Å². The van der Waals surface area contributed by atoms with Crippen LogP contribution in [0, 0.1) is 10.1 Å². The number of nitro groups is 1. The Morgan fingerprint density at radius 1 is 1.53 bits per heavy atom.